The molecule has 1 saturated heterocycles. The van der Waals surface area contributed by atoms with E-state index in [1.54, 1.807) is 6.20 Å². The highest BCUT2D eigenvalue weighted by Gasteiger charge is 2.29. The van der Waals surface area contributed by atoms with Gasteiger partial charge in [0.1, 0.15) is 23.1 Å². The Kier molecular flexibility index (Phi) is 4.32. The van der Waals surface area contributed by atoms with Crippen LogP contribution in [0.25, 0.3) is 10.9 Å². The number of ether oxygens (including phenoxy) is 1. The topological polar surface area (TPSA) is 68.5 Å². The van der Waals surface area contributed by atoms with E-state index in [0.717, 1.165) is 34.3 Å². The van der Waals surface area contributed by atoms with Crippen molar-refractivity contribution in [2.75, 3.05) is 13.1 Å². The number of fused-ring (bicyclic) bond motifs is 1. The molecule has 1 fully saturated rings. The summed E-state index contributed by atoms with van der Waals surface area (Å²) in [6.07, 6.45) is 2.89. The third kappa shape index (κ3) is 3.14. The third-order valence-electron chi connectivity index (χ3n) is 4.90. The molecule has 3 aromatic rings. The molecule has 1 aliphatic rings. The molecule has 0 saturated carbocycles. The van der Waals surface area contributed by atoms with Crippen molar-refractivity contribution in [3.05, 3.63) is 53.5 Å². The summed E-state index contributed by atoms with van der Waals surface area (Å²) in [6.45, 7) is 4.99. The number of carbonyl (C=O) groups excluding carboxylic acids is 1. The number of rotatable bonds is 4. The number of benzene rings is 1. The summed E-state index contributed by atoms with van der Waals surface area (Å²) in [5, 5.41) is 4.97. The Hall–Kier alpha value is -2.89. The van der Waals surface area contributed by atoms with Crippen LogP contribution in [0.5, 0.6) is 5.75 Å². The van der Waals surface area contributed by atoms with Gasteiger partial charge in [-0.15, -0.1) is 0 Å². The maximum Gasteiger partial charge on any atom is 0.227 e. The normalized spacial score (nSPS) is 17.0. The lowest BCUT2D eigenvalue weighted by atomic mass is 10.1. The van der Waals surface area contributed by atoms with Crippen molar-refractivity contribution < 1.29 is 14.1 Å². The van der Waals surface area contributed by atoms with Crippen LogP contribution >= 0.6 is 0 Å². The van der Waals surface area contributed by atoms with Crippen LogP contribution in [0.2, 0.25) is 0 Å². The summed E-state index contributed by atoms with van der Waals surface area (Å²) >= 11 is 0. The van der Waals surface area contributed by atoms with Crippen LogP contribution in [0.4, 0.5) is 0 Å². The van der Waals surface area contributed by atoms with Crippen molar-refractivity contribution >= 4 is 16.8 Å². The van der Waals surface area contributed by atoms with Crippen molar-refractivity contribution in [2.45, 2.75) is 32.8 Å². The lowest BCUT2D eigenvalue weighted by Crippen LogP contribution is -2.32. The number of hydrogen-bond donors (Lipinski definition) is 0. The van der Waals surface area contributed by atoms with Gasteiger partial charge in [-0.1, -0.05) is 23.4 Å². The third-order valence-corrected chi connectivity index (χ3v) is 4.90. The monoisotopic (exact) mass is 351 g/mol. The maximum absolute atomic E-state index is 12.6. The van der Waals surface area contributed by atoms with Gasteiger partial charge in [-0.25, -0.2) is 0 Å². The Morgan fingerprint density at radius 1 is 1.31 bits per heavy atom. The molecule has 6 nitrogen and oxygen atoms in total. The van der Waals surface area contributed by atoms with Crippen molar-refractivity contribution in [3.63, 3.8) is 0 Å². The number of carbonyl (C=O) groups is 1. The molecule has 3 heterocycles. The van der Waals surface area contributed by atoms with Crippen molar-refractivity contribution in [3.8, 4) is 5.75 Å². The summed E-state index contributed by atoms with van der Waals surface area (Å²) in [4.78, 5) is 18.9. The number of nitrogens with zero attached hydrogens (tertiary/aromatic N) is 3. The van der Waals surface area contributed by atoms with Crippen molar-refractivity contribution in [1.29, 1.82) is 0 Å². The number of para-hydroxylation sites is 1. The zero-order valence-electron chi connectivity index (χ0n) is 14.9. The Morgan fingerprint density at radius 3 is 2.96 bits per heavy atom. The molecular weight excluding hydrogens is 330 g/mol. The number of likely N-dealkylation sites (tertiary alicyclic amines) is 1. The fraction of sp³-hybridized carbons (Fsp3) is 0.350. The summed E-state index contributed by atoms with van der Waals surface area (Å²) in [5.41, 5.74) is 2.53. The van der Waals surface area contributed by atoms with Gasteiger partial charge in [-0.3, -0.25) is 9.78 Å². The first kappa shape index (κ1) is 16.6. The average molecular weight is 351 g/mol. The minimum absolute atomic E-state index is 0.0174. The zero-order valence-corrected chi connectivity index (χ0v) is 14.9. The van der Waals surface area contributed by atoms with E-state index in [4.69, 9.17) is 9.26 Å². The predicted molar refractivity (Wildman–Crippen MR) is 97.0 cm³/mol. The van der Waals surface area contributed by atoms with Crippen molar-refractivity contribution in [1.82, 2.24) is 15.0 Å². The SMILES string of the molecule is Cc1noc(C)c1CC(=O)N1CCC(Oc2cccc3cccnc23)C1. The molecule has 6 heteroatoms. The highest BCUT2D eigenvalue weighted by Crippen LogP contribution is 2.26. The van der Waals surface area contributed by atoms with Crippen LogP contribution in [-0.2, 0) is 11.2 Å². The van der Waals surface area contributed by atoms with Gasteiger partial charge >= 0.3 is 0 Å². The zero-order chi connectivity index (χ0) is 18.1. The molecule has 2 aromatic heterocycles. The number of pyridine rings is 1. The second-order valence-electron chi connectivity index (χ2n) is 6.68. The minimum Gasteiger partial charge on any atom is -0.486 e. The minimum atomic E-state index is -0.0174. The molecule has 0 N–H and O–H groups in total. The summed E-state index contributed by atoms with van der Waals surface area (Å²) < 4.78 is 11.3. The highest BCUT2D eigenvalue weighted by atomic mass is 16.5. The van der Waals surface area contributed by atoms with Gasteiger partial charge in [-0.2, -0.15) is 0 Å². The number of aryl methyl sites for hydroxylation is 2. The lowest BCUT2D eigenvalue weighted by Gasteiger charge is -2.18. The van der Waals surface area contributed by atoms with Gasteiger partial charge in [-0.05, 0) is 26.0 Å². The predicted octanol–water partition coefficient (Wildman–Crippen LogP) is 3.06. The van der Waals surface area contributed by atoms with E-state index in [0.29, 0.717) is 25.3 Å². The molecule has 1 amide bonds. The molecule has 1 aromatic carbocycles. The van der Waals surface area contributed by atoms with Gasteiger partial charge < -0.3 is 14.2 Å². The molecule has 4 rings (SSSR count). The Balaban J connectivity index is 1.43. The second-order valence-corrected chi connectivity index (χ2v) is 6.68. The molecule has 0 bridgehead atoms. The van der Waals surface area contributed by atoms with Gasteiger partial charge in [0, 0.05) is 30.1 Å². The number of aromatic nitrogens is 2. The standard InChI is InChI=1S/C20H21N3O3/c1-13-17(14(2)26-22-13)11-19(24)23-10-8-16(12-23)25-18-7-3-5-15-6-4-9-21-20(15)18/h3-7,9,16H,8,10-12H2,1-2H3. The first-order chi connectivity index (χ1) is 12.6. The largest absolute Gasteiger partial charge is 0.486 e. The molecule has 0 radical (unpaired) electrons. The molecule has 26 heavy (non-hydrogen) atoms. The number of hydrogen-bond acceptors (Lipinski definition) is 5. The van der Waals surface area contributed by atoms with Crippen LogP contribution in [0.15, 0.2) is 41.1 Å². The fourth-order valence-corrected chi connectivity index (χ4v) is 3.42. The molecule has 0 aliphatic carbocycles. The van der Waals surface area contributed by atoms with E-state index in [9.17, 15) is 4.79 Å². The smallest absolute Gasteiger partial charge is 0.227 e. The van der Waals surface area contributed by atoms with E-state index in [1.807, 2.05) is 49.1 Å². The highest BCUT2D eigenvalue weighted by molar-refractivity contribution is 5.84. The summed E-state index contributed by atoms with van der Waals surface area (Å²) in [7, 11) is 0. The first-order valence-electron chi connectivity index (χ1n) is 8.82. The van der Waals surface area contributed by atoms with Crippen LogP contribution in [-0.4, -0.2) is 40.1 Å². The molecule has 1 atom stereocenters. The van der Waals surface area contributed by atoms with E-state index in [2.05, 4.69) is 10.1 Å². The van der Waals surface area contributed by atoms with E-state index >= 15 is 0 Å². The second kappa shape index (κ2) is 6.78. The fourth-order valence-electron chi connectivity index (χ4n) is 3.42. The Bertz CT molecular complexity index is 926. The van der Waals surface area contributed by atoms with Gasteiger partial charge in [0.15, 0.2) is 0 Å². The van der Waals surface area contributed by atoms with E-state index in [-0.39, 0.29) is 12.0 Å². The lowest BCUT2D eigenvalue weighted by molar-refractivity contribution is -0.129. The van der Waals surface area contributed by atoms with Crippen LogP contribution in [0.3, 0.4) is 0 Å². The molecule has 0 spiro atoms. The Labute approximate surface area is 151 Å². The van der Waals surface area contributed by atoms with Gasteiger partial charge in [0.25, 0.3) is 0 Å². The van der Waals surface area contributed by atoms with E-state index < -0.39 is 0 Å². The Morgan fingerprint density at radius 2 is 2.15 bits per heavy atom. The quantitative estimate of drug-likeness (QED) is 0.723. The van der Waals surface area contributed by atoms with E-state index in [1.165, 1.54) is 0 Å². The first-order valence-corrected chi connectivity index (χ1v) is 8.82. The maximum atomic E-state index is 12.6. The summed E-state index contributed by atoms with van der Waals surface area (Å²) in [5.74, 6) is 1.57. The van der Waals surface area contributed by atoms with Gasteiger partial charge in [0.05, 0.1) is 18.7 Å². The van der Waals surface area contributed by atoms with Crippen LogP contribution < -0.4 is 4.74 Å². The van der Waals surface area contributed by atoms with Crippen molar-refractivity contribution in [2.24, 2.45) is 0 Å². The number of amides is 1. The molecule has 1 unspecified atom stereocenters. The van der Waals surface area contributed by atoms with Gasteiger partial charge in [0.2, 0.25) is 5.91 Å². The summed E-state index contributed by atoms with van der Waals surface area (Å²) in [6, 6.07) is 9.85. The van der Waals surface area contributed by atoms with Crippen LogP contribution in [0, 0.1) is 13.8 Å². The molecular formula is C20H21N3O3. The van der Waals surface area contributed by atoms with Crippen LogP contribution in [0.1, 0.15) is 23.4 Å². The molecule has 1 aliphatic heterocycles. The molecule has 134 valence electrons. The average Bonchev–Trinajstić information content (AvgIpc) is 3.24.